The summed E-state index contributed by atoms with van der Waals surface area (Å²) in [5.74, 6) is 0.916. The maximum Gasteiger partial charge on any atom is 0.169 e. The van der Waals surface area contributed by atoms with Gasteiger partial charge in [0.15, 0.2) is 11.6 Å². The number of nitrogens with one attached hydrogen (secondary N) is 1. The molecule has 0 unspecified atom stereocenters. The molecule has 0 fully saturated rings. The van der Waals surface area contributed by atoms with Gasteiger partial charge in [0.25, 0.3) is 0 Å². The van der Waals surface area contributed by atoms with Crippen molar-refractivity contribution in [3.63, 3.8) is 0 Å². The number of nitrogens with two attached hydrogens (primary N) is 1. The molecule has 1 heterocycles. The normalized spacial score (nSPS) is 9.59. The highest BCUT2D eigenvalue weighted by atomic mass is 15.0. The zero-order valence-corrected chi connectivity index (χ0v) is 9.09. The number of anilines is 2. The highest BCUT2D eigenvalue weighted by Gasteiger charge is 2.00. The molecule has 17 heavy (non-hydrogen) atoms. The summed E-state index contributed by atoms with van der Waals surface area (Å²) in [6, 6.07) is 9.45. The van der Waals surface area contributed by atoms with Crippen LogP contribution in [-0.2, 0) is 6.54 Å². The fourth-order valence-corrected chi connectivity index (χ4v) is 1.42. The van der Waals surface area contributed by atoms with Crippen LogP contribution in [-0.4, -0.2) is 9.97 Å². The topological polar surface area (TPSA) is 87.6 Å². The van der Waals surface area contributed by atoms with Crippen molar-refractivity contribution in [2.75, 3.05) is 11.1 Å². The number of nitriles is 1. The van der Waals surface area contributed by atoms with Gasteiger partial charge in [-0.2, -0.15) is 5.26 Å². The minimum Gasteiger partial charge on any atom is -0.381 e. The molecule has 5 nitrogen and oxygen atoms in total. The fraction of sp³-hybridized carbons (Fsp3) is 0.0833. The summed E-state index contributed by atoms with van der Waals surface area (Å²) in [5.41, 5.74) is 7.28. The molecule has 1 aromatic heterocycles. The first-order chi connectivity index (χ1) is 8.29. The number of benzene rings is 1. The summed E-state index contributed by atoms with van der Waals surface area (Å²) >= 11 is 0. The van der Waals surface area contributed by atoms with Crippen LogP contribution in [0.4, 0.5) is 11.6 Å². The quantitative estimate of drug-likeness (QED) is 0.827. The highest BCUT2D eigenvalue weighted by molar-refractivity contribution is 5.55. The third-order valence-corrected chi connectivity index (χ3v) is 2.24. The predicted octanol–water partition coefficient (Wildman–Crippen LogP) is 1.54. The Bertz CT molecular complexity index is 559. The third kappa shape index (κ3) is 2.69. The molecule has 0 radical (unpaired) electrons. The molecule has 0 bridgehead atoms. The lowest BCUT2D eigenvalue weighted by Gasteiger charge is -2.07. The maximum atomic E-state index is 8.78. The van der Waals surface area contributed by atoms with Crippen LogP contribution < -0.4 is 11.1 Å². The number of rotatable bonds is 3. The molecule has 0 aliphatic carbocycles. The summed E-state index contributed by atoms with van der Waals surface area (Å²) in [4.78, 5) is 8.00. The van der Waals surface area contributed by atoms with Gasteiger partial charge in [0, 0.05) is 18.9 Å². The van der Waals surface area contributed by atoms with Crippen LogP contribution in [0.25, 0.3) is 0 Å². The monoisotopic (exact) mass is 225 g/mol. The van der Waals surface area contributed by atoms with E-state index in [0.29, 0.717) is 23.7 Å². The van der Waals surface area contributed by atoms with E-state index in [-0.39, 0.29) is 0 Å². The predicted molar refractivity (Wildman–Crippen MR) is 64.9 cm³/mol. The summed E-state index contributed by atoms with van der Waals surface area (Å²) in [6.07, 6.45) is 3.11. The van der Waals surface area contributed by atoms with Crippen molar-refractivity contribution in [2.45, 2.75) is 6.54 Å². The number of hydrogen-bond acceptors (Lipinski definition) is 5. The maximum absolute atomic E-state index is 8.78. The van der Waals surface area contributed by atoms with Gasteiger partial charge in [-0.25, -0.2) is 9.97 Å². The Balaban J connectivity index is 2.08. The molecular weight excluding hydrogens is 214 g/mol. The minimum atomic E-state index is 0.365. The zero-order chi connectivity index (χ0) is 12.1. The van der Waals surface area contributed by atoms with Crippen molar-refractivity contribution >= 4 is 11.6 Å². The van der Waals surface area contributed by atoms with Crippen LogP contribution in [0.15, 0.2) is 36.7 Å². The van der Waals surface area contributed by atoms with Crippen LogP contribution in [0.1, 0.15) is 11.1 Å². The average Bonchev–Trinajstić information content (AvgIpc) is 2.38. The van der Waals surface area contributed by atoms with E-state index < -0.39 is 0 Å². The van der Waals surface area contributed by atoms with E-state index in [1.807, 2.05) is 18.2 Å². The number of nitrogens with zero attached hydrogens (tertiary/aromatic N) is 3. The van der Waals surface area contributed by atoms with Gasteiger partial charge in [-0.05, 0) is 17.7 Å². The zero-order valence-electron chi connectivity index (χ0n) is 9.09. The number of aromatic nitrogens is 2. The molecule has 0 aliphatic heterocycles. The largest absolute Gasteiger partial charge is 0.381 e. The van der Waals surface area contributed by atoms with Crippen molar-refractivity contribution < 1.29 is 0 Å². The summed E-state index contributed by atoms with van der Waals surface area (Å²) in [7, 11) is 0. The Morgan fingerprint density at radius 3 is 2.88 bits per heavy atom. The third-order valence-electron chi connectivity index (χ3n) is 2.24. The molecule has 5 heteroatoms. The molecular formula is C12H11N5. The first-order valence-corrected chi connectivity index (χ1v) is 5.09. The molecule has 2 aromatic rings. The SMILES string of the molecule is N#Cc1cccc(CNc2nccnc2N)c1. The molecule has 0 aliphatic rings. The average molecular weight is 225 g/mol. The lowest BCUT2D eigenvalue weighted by molar-refractivity contribution is 1.09. The van der Waals surface area contributed by atoms with E-state index >= 15 is 0 Å². The number of nitrogen functional groups attached to an aromatic ring is 1. The molecule has 84 valence electrons. The van der Waals surface area contributed by atoms with Crippen molar-refractivity contribution in [3.05, 3.63) is 47.8 Å². The van der Waals surface area contributed by atoms with E-state index in [9.17, 15) is 0 Å². The molecule has 1 aromatic carbocycles. The van der Waals surface area contributed by atoms with E-state index in [1.165, 1.54) is 6.20 Å². The standard InChI is InChI=1S/C12H11N5/c13-7-9-2-1-3-10(6-9)8-17-12-11(14)15-4-5-16-12/h1-6H,8H2,(H2,14,15)(H,16,17). The highest BCUT2D eigenvalue weighted by Crippen LogP contribution is 2.12. The first kappa shape index (κ1) is 10.9. The van der Waals surface area contributed by atoms with Gasteiger partial charge in [-0.15, -0.1) is 0 Å². The summed E-state index contributed by atoms with van der Waals surface area (Å²) in [5, 5.41) is 11.9. The molecule has 0 amide bonds. The van der Waals surface area contributed by atoms with Crippen LogP contribution in [0.3, 0.4) is 0 Å². The van der Waals surface area contributed by atoms with Gasteiger partial charge in [0.1, 0.15) is 0 Å². The smallest absolute Gasteiger partial charge is 0.169 e. The number of hydrogen-bond donors (Lipinski definition) is 2. The summed E-state index contributed by atoms with van der Waals surface area (Å²) < 4.78 is 0. The Labute approximate surface area is 98.9 Å². The Morgan fingerprint density at radius 2 is 2.12 bits per heavy atom. The molecule has 0 atom stereocenters. The molecule has 3 N–H and O–H groups in total. The van der Waals surface area contributed by atoms with E-state index in [1.54, 1.807) is 12.3 Å². The van der Waals surface area contributed by atoms with Crippen LogP contribution in [0, 0.1) is 11.3 Å². The van der Waals surface area contributed by atoms with Gasteiger partial charge in [0.05, 0.1) is 11.6 Å². The Hall–Kier alpha value is -2.61. The Morgan fingerprint density at radius 1 is 1.29 bits per heavy atom. The van der Waals surface area contributed by atoms with E-state index in [2.05, 4.69) is 21.4 Å². The van der Waals surface area contributed by atoms with Gasteiger partial charge >= 0.3 is 0 Å². The van der Waals surface area contributed by atoms with Gasteiger partial charge in [-0.1, -0.05) is 12.1 Å². The Kier molecular flexibility index (Phi) is 3.17. The van der Waals surface area contributed by atoms with Crippen molar-refractivity contribution in [1.29, 1.82) is 5.26 Å². The molecule has 0 saturated carbocycles. The lowest BCUT2D eigenvalue weighted by atomic mass is 10.1. The fourth-order valence-electron chi connectivity index (χ4n) is 1.42. The van der Waals surface area contributed by atoms with E-state index in [0.717, 1.165) is 5.56 Å². The lowest BCUT2D eigenvalue weighted by Crippen LogP contribution is -2.05. The van der Waals surface area contributed by atoms with Crippen molar-refractivity contribution in [3.8, 4) is 6.07 Å². The van der Waals surface area contributed by atoms with Crippen LogP contribution in [0.2, 0.25) is 0 Å². The minimum absolute atomic E-state index is 0.365. The van der Waals surface area contributed by atoms with Crippen LogP contribution >= 0.6 is 0 Å². The van der Waals surface area contributed by atoms with Crippen molar-refractivity contribution in [2.24, 2.45) is 0 Å². The van der Waals surface area contributed by atoms with Gasteiger partial charge in [0.2, 0.25) is 0 Å². The molecule has 0 saturated heterocycles. The van der Waals surface area contributed by atoms with Gasteiger partial charge in [-0.3, -0.25) is 0 Å². The second kappa shape index (κ2) is 4.94. The second-order valence-electron chi connectivity index (χ2n) is 3.46. The first-order valence-electron chi connectivity index (χ1n) is 5.09. The van der Waals surface area contributed by atoms with Crippen LogP contribution in [0.5, 0.6) is 0 Å². The van der Waals surface area contributed by atoms with Gasteiger partial charge < -0.3 is 11.1 Å². The van der Waals surface area contributed by atoms with Crippen molar-refractivity contribution in [1.82, 2.24) is 9.97 Å². The second-order valence-corrected chi connectivity index (χ2v) is 3.46. The summed E-state index contributed by atoms with van der Waals surface area (Å²) in [6.45, 7) is 0.554. The molecule has 0 spiro atoms. The molecule has 2 rings (SSSR count). The van der Waals surface area contributed by atoms with E-state index in [4.69, 9.17) is 11.0 Å².